The Morgan fingerprint density at radius 2 is 2.16 bits per heavy atom. The Labute approximate surface area is 115 Å². The van der Waals surface area contributed by atoms with Crippen LogP contribution in [0.1, 0.15) is 38.2 Å². The Morgan fingerprint density at radius 1 is 1.37 bits per heavy atom. The van der Waals surface area contributed by atoms with E-state index in [0.29, 0.717) is 12.6 Å². The van der Waals surface area contributed by atoms with Crippen molar-refractivity contribution in [3.8, 4) is 0 Å². The Hall–Kier alpha value is -1.58. The number of carbonyl (C=O) groups excluding carboxylic acids is 1. The largest absolute Gasteiger partial charge is 0.338 e. The molecule has 0 unspecified atom stereocenters. The van der Waals surface area contributed by atoms with E-state index >= 15 is 0 Å². The smallest absolute Gasteiger partial charge is 0.315 e. The number of hydrogen-bond donors (Lipinski definition) is 2. The molecule has 0 radical (unpaired) electrons. The van der Waals surface area contributed by atoms with Crippen LogP contribution in [0.3, 0.4) is 0 Å². The zero-order valence-electron chi connectivity index (χ0n) is 11.6. The second kappa shape index (κ2) is 7.12. The summed E-state index contributed by atoms with van der Waals surface area (Å²) in [5, 5.41) is 5.97. The van der Waals surface area contributed by atoms with Crippen molar-refractivity contribution in [2.45, 2.75) is 45.1 Å². The molecule has 1 fully saturated rings. The number of pyridine rings is 1. The van der Waals surface area contributed by atoms with Gasteiger partial charge in [0, 0.05) is 25.0 Å². The fourth-order valence-electron chi connectivity index (χ4n) is 2.51. The highest BCUT2D eigenvalue weighted by molar-refractivity contribution is 5.74. The summed E-state index contributed by atoms with van der Waals surface area (Å²) in [4.78, 5) is 15.8. The van der Waals surface area contributed by atoms with E-state index in [1.165, 1.54) is 12.8 Å². The molecule has 0 aromatic carbocycles. The minimum absolute atomic E-state index is 0.0385. The van der Waals surface area contributed by atoms with E-state index in [1.54, 1.807) is 6.20 Å². The molecule has 19 heavy (non-hydrogen) atoms. The van der Waals surface area contributed by atoms with Gasteiger partial charge in [-0.25, -0.2) is 4.79 Å². The van der Waals surface area contributed by atoms with Crippen LogP contribution in [-0.2, 0) is 6.42 Å². The lowest BCUT2D eigenvalue weighted by Crippen LogP contribution is -2.44. The maximum atomic E-state index is 11.7. The van der Waals surface area contributed by atoms with Crippen molar-refractivity contribution in [1.29, 1.82) is 0 Å². The molecular formula is C15H23N3O. The molecule has 2 rings (SSSR count). The predicted molar refractivity (Wildman–Crippen MR) is 75.9 cm³/mol. The number of aromatic nitrogens is 1. The highest BCUT2D eigenvalue weighted by Crippen LogP contribution is 2.23. The topological polar surface area (TPSA) is 54.0 Å². The molecule has 2 amide bonds. The number of nitrogens with zero attached hydrogens (tertiary/aromatic N) is 1. The second-order valence-electron chi connectivity index (χ2n) is 5.47. The lowest BCUT2D eigenvalue weighted by molar-refractivity contribution is 0.228. The monoisotopic (exact) mass is 261 g/mol. The third-order valence-electron chi connectivity index (χ3n) is 3.77. The molecule has 4 nitrogen and oxygen atoms in total. The molecule has 1 aliphatic carbocycles. The van der Waals surface area contributed by atoms with Gasteiger partial charge in [-0.1, -0.05) is 13.0 Å². The lowest BCUT2D eigenvalue weighted by Gasteiger charge is -2.26. The molecule has 1 saturated carbocycles. The summed E-state index contributed by atoms with van der Waals surface area (Å²) in [7, 11) is 0. The normalized spacial score (nSPS) is 22.8. The first-order valence-corrected chi connectivity index (χ1v) is 7.17. The zero-order chi connectivity index (χ0) is 13.5. The summed E-state index contributed by atoms with van der Waals surface area (Å²) in [6.07, 6.45) is 9.08. The Morgan fingerprint density at radius 3 is 2.84 bits per heavy atom. The summed E-state index contributed by atoms with van der Waals surface area (Å²) in [5.74, 6) is 0.812. The minimum atomic E-state index is -0.0385. The SMILES string of the molecule is CC1CCC(NC(=O)NCCc2cccnc2)CC1. The van der Waals surface area contributed by atoms with Crippen LogP contribution in [-0.4, -0.2) is 23.6 Å². The van der Waals surface area contributed by atoms with Crippen molar-refractivity contribution >= 4 is 6.03 Å². The molecule has 1 aromatic heterocycles. The van der Waals surface area contributed by atoms with Gasteiger partial charge in [0.15, 0.2) is 0 Å². The fourth-order valence-corrected chi connectivity index (χ4v) is 2.51. The number of rotatable bonds is 4. The molecule has 1 aromatic rings. The molecule has 4 heteroatoms. The van der Waals surface area contributed by atoms with Gasteiger partial charge in [0.2, 0.25) is 0 Å². The molecular weight excluding hydrogens is 238 g/mol. The van der Waals surface area contributed by atoms with Crippen LogP contribution < -0.4 is 10.6 Å². The molecule has 0 saturated heterocycles. The van der Waals surface area contributed by atoms with Crippen LogP contribution in [0, 0.1) is 5.92 Å². The molecule has 0 atom stereocenters. The number of amides is 2. The maximum absolute atomic E-state index is 11.7. The Bertz CT molecular complexity index is 386. The Balaban J connectivity index is 1.62. The van der Waals surface area contributed by atoms with Gasteiger partial charge in [-0.3, -0.25) is 4.98 Å². The van der Waals surface area contributed by atoms with Crippen LogP contribution in [0.4, 0.5) is 4.79 Å². The summed E-state index contributed by atoms with van der Waals surface area (Å²) in [6, 6.07) is 4.26. The van der Waals surface area contributed by atoms with Crippen molar-refractivity contribution in [3.63, 3.8) is 0 Å². The maximum Gasteiger partial charge on any atom is 0.315 e. The van der Waals surface area contributed by atoms with E-state index < -0.39 is 0 Å². The molecule has 0 aliphatic heterocycles. The highest BCUT2D eigenvalue weighted by Gasteiger charge is 2.19. The molecule has 104 valence electrons. The highest BCUT2D eigenvalue weighted by atomic mass is 16.2. The average molecular weight is 261 g/mol. The van der Waals surface area contributed by atoms with E-state index in [4.69, 9.17) is 0 Å². The molecule has 1 aliphatic rings. The van der Waals surface area contributed by atoms with Crippen molar-refractivity contribution in [3.05, 3.63) is 30.1 Å². The van der Waals surface area contributed by atoms with Gasteiger partial charge in [-0.2, -0.15) is 0 Å². The summed E-state index contributed by atoms with van der Waals surface area (Å²) in [5.41, 5.74) is 1.15. The van der Waals surface area contributed by atoms with Gasteiger partial charge in [0.1, 0.15) is 0 Å². The average Bonchev–Trinajstić information content (AvgIpc) is 2.43. The first-order chi connectivity index (χ1) is 9.24. The first-order valence-electron chi connectivity index (χ1n) is 7.17. The summed E-state index contributed by atoms with van der Waals surface area (Å²) < 4.78 is 0. The van der Waals surface area contributed by atoms with Crippen LogP contribution in [0.2, 0.25) is 0 Å². The van der Waals surface area contributed by atoms with Gasteiger partial charge in [-0.15, -0.1) is 0 Å². The standard InChI is InChI=1S/C15H23N3O/c1-12-4-6-14(7-5-12)18-15(19)17-10-8-13-3-2-9-16-11-13/h2-3,9,11-12,14H,4-8,10H2,1H3,(H2,17,18,19). The zero-order valence-corrected chi connectivity index (χ0v) is 11.6. The molecule has 0 bridgehead atoms. The van der Waals surface area contributed by atoms with Gasteiger partial charge in [0.05, 0.1) is 0 Å². The predicted octanol–water partition coefficient (Wildman–Crippen LogP) is 2.50. The van der Waals surface area contributed by atoms with E-state index in [2.05, 4.69) is 22.5 Å². The van der Waals surface area contributed by atoms with Gasteiger partial charge < -0.3 is 10.6 Å². The van der Waals surface area contributed by atoms with Gasteiger partial charge in [0.25, 0.3) is 0 Å². The van der Waals surface area contributed by atoms with Crippen LogP contribution in [0.15, 0.2) is 24.5 Å². The van der Waals surface area contributed by atoms with Crippen LogP contribution in [0.5, 0.6) is 0 Å². The van der Waals surface area contributed by atoms with Crippen LogP contribution >= 0.6 is 0 Å². The van der Waals surface area contributed by atoms with E-state index in [1.807, 2.05) is 18.3 Å². The number of urea groups is 1. The molecule has 0 spiro atoms. The van der Waals surface area contributed by atoms with E-state index in [-0.39, 0.29) is 6.03 Å². The van der Waals surface area contributed by atoms with Crippen molar-refractivity contribution in [1.82, 2.24) is 15.6 Å². The number of hydrogen-bond acceptors (Lipinski definition) is 2. The fraction of sp³-hybridized carbons (Fsp3) is 0.600. The molecule has 1 heterocycles. The summed E-state index contributed by atoms with van der Waals surface area (Å²) >= 11 is 0. The minimum Gasteiger partial charge on any atom is -0.338 e. The third-order valence-corrected chi connectivity index (χ3v) is 3.77. The van der Waals surface area contributed by atoms with Gasteiger partial charge >= 0.3 is 6.03 Å². The van der Waals surface area contributed by atoms with Crippen LogP contribution in [0.25, 0.3) is 0 Å². The summed E-state index contributed by atoms with van der Waals surface area (Å²) in [6.45, 7) is 2.94. The quantitative estimate of drug-likeness (QED) is 0.875. The second-order valence-corrected chi connectivity index (χ2v) is 5.47. The van der Waals surface area contributed by atoms with Crippen molar-refractivity contribution in [2.75, 3.05) is 6.54 Å². The third kappa shape index (κ3) is 4.89. The number of nitrogens with one attached hydrogen (secondary N) is 2. The van der Waals surface area contributed by atoms with Crippen molar-refractivity contribution in [2.24, 2.45) is 5.92 Å². The van der Waals surface area contributed by atoms with Crippen molar-refractivity contribution < 1.29 is 4.79 Å². The molecule has 2 N–H and O–H groups in total. The lowest BCUT2D eigenvalue weighted by atomic mass is 9.87. The first kappa shape index (κ1) is 13.8. The van der Waals surface area contributed by atoms with E-state index in [9.17, 15) is 4.79 Å². The Kier molecular flexibility index (Phi) is 5.19. The van der Waals surface area contributed by atoms with Gasteiger partial charge in [-0.05, 0) is 49.7 Å². The number of carbonyl (C=O) groups is 1. The van der Waals surface area contributed by atoms with E-state index in [0.717, 1.165) is 30.7 Å².